The van der Waals surface area contributed by atoms with Crippen LogP contribution in [0.2, 0.25) is 0 Å². The molecule has 180 valence electrons. The Hall–Kier alpha value is -3.65. The van der Waals surface area contributed by atoms with Crippen LogP contribution in [0, 0.1) is 5.92 Å². The van der Waals surface area contributed by atoms with Crippen molar-refractivity contribution < 1.29 is 9.47 Å². The topological polar surface area (TPSA) is 89.5 Å². The Morgan fingerprint density at radius 3 is 2.89 bits per heavy atom. The van der Waals surface area contributed by atoms with Crippen molar-refractivity contribution in [2.45, 2.75) is 25.3 Å². The van der Waals surface area contributed by atoms with Crippen LogP contribution in [0.3, 0.4) is 0 Å². The summed E-state index contributed by atoms with van der Waals surface area (Å²) in [6.45, 7) is 4.01. The molecule has 0 radical (unpaired) electrons. The van der Waals surface area contributed by atoms with Gasteiger partial charge in [0.2, 0.25) is 0 Å². The van der Waals surface area contributed by atoms with Crippen molar-refractivity contribution in [2.24, 2.45) is 5.92 Å². The number of fused-ring (bicyclic) bond motifs is 5. The molecule has 0 spiro atoms. The van der Waals surface area contributed by atoms with Crippen LogP contribution < -0.4 is 20.7 Å². The summed E-state index contributed by atoms with van der Waals surface area (Å²) in [4.78, 5) is 35.4. The second-order valence-electron chi connectivity index (χ2n) is 9.50. The summed E-state index contributed by atoms with van der Waals surface area (Å²) < 4.78 is 12.9. The zero-order chi connectivity index (χ0) is 23.9. The molecule has 0 aliphatic carbocycles. The summed E-state index contributed by atoms with van der Waals surface area (Å²) in [5.74, 6) is 2.70. The molecule has 0 bridgehead atoms. The summed E-state index contributed by atoms with van der Waals surface area (Å²) >= 11 is 0. The molecule has 0 amide bonds. The van der Waals surface area contributed by atoms with Crippen molar-refractivity contribution in [3.05, 3.63) is 75.1 Å². The Morgan fingerprint density at radius 1 is 1.11 bits per heavy atom. The number of ether oxygens (including phenoxy) is 2. The van der Waals surface area contributed by atoms with E-state index in [0.29, 0.717) is 29.3 Å². The number of pyridine rings is 1. The van der Waals surface area contributed by atoms with Crippen LogP contribution in [-0.4, -0.2) is 52.8 Å². The molecule has 2 atom stereocenters. The molecular weight excluding hydrogens is 444 g/mol. The van der Waals surface area contributed by atoms with Gasteiger partial charge in [-0.15, -0.1) is 0 Å². The fourth-order valence-corrected chi connectivity index (χ4v) is 5.66. The van der Waals surface area contributed by atoms with E-state index in [9.17, 15) is 9.59 Å². The van der Waals surface area contributed by atoms with Gasteiger partial charge < -0.3 is 19.4 Å². The Balaban J connectivity index is 1.13. The maximum atomic E-state index is 13.1. The minimum absolute atomic E-state index is 0.248. The van der Waals surface area contributed by atoms with Gasteiger partial charge in [0.05, 0.1) is 30.1 Å². The van der Waals surface area contributed by atoms with Crippen molar-refractivity contribution in [3.8, 4) is 11.5 Å². The minimum Gasteiger partial charge on any atom is -0.496 e. The molecule has 1 N–H and O–H groups in total. The normalized spacial score (nSPS) is 19.5. The summed E-state index contributed by atoms with van der Waals surface area (Å²) in [6, 6.07) is 13.3. The Labute approximate surface area is 202 Å². The van der Waals surface area contributed by atoms with Crippen LogP contribution in [0.15, 0.2) is 58.3 Å². The number of nitrogens with one attached hydrogen (secondary N) is 1. The Morgan fingerprint density at radius 2 is 2.00 bits per heavy atom. The first kappa shape index (κ1) is 21.9. The molecule has 2 aliphatic rings. The lowest BCUT2D eigenvalue weighted by Crippen LogP contribution is -2.35. The fourth-order valence-electron chi connectivity index (χ4n) is 5.66. The number of unbranched alkanes of at least 4 members (excludes halogenated alkanes) is 1. The maximum absolute atomic E-state index is 13.1. The quantitative estimate of drug-likeness (QED) is 0.343. The highest BCUT2D eigenvalue weighted by Crippen LogP contribution is 2.46. The average Bonchev–Trinajstić information content (AvgIpc) is 3.30. The van der Waals surface area contributed by atoms with Gasteiger partial charge in [-0.1, -0.05) is 12.1 Å². The number of benzene rings is 2. The number of rotatable bonds is 6. The Bertz CT molecular complexity index is 1510. The largest absolute Gasteiger partial charge is 0.496 e. The number of aromatic nitrogens is 3. The lowest BCUT2D eigenvalue weighted by atomic mass is 9.86. The molecular formula is C27H28N4O4. The van der Waals surface area contributed by atoms with Gasteiger partial charge in [-0.2, -0.15) is 0 Å². The van der Waals surface area contributed by atoms with E-state index in [4.69, 9.17) is 9.47 Å². The van der Waals surface area contributed by atoms with Crippen LogP contribution >= 0.6 is 0 Å². The first-order valence-electron chi connectivity index (χ1n) is 12.2. The zero-order valence-corrected chi connectivity index (χ0v) is 19.7. The summed E-state index contributed by atoms with van der Waals surface area (Å²) in [5.41, 5.74) is 1.85. The van der Waals surface area contributed by atoms with Crippen LogP contribution in [0.4, 0.5) is 0 Å². The maximum Gasteiger partial charge on any atom is 0.328 e. The molecule has 1 fully saturated rings. The fraction of sp³-hybridized carbons (Fsp3) is 0.370. The number of likely N-dealkylation sites (tertiary alicyclic amines) is 1. The summed E-state index contributed by atoms with van der Waals surface area (Å²) in [7, 11) is 1.71. The molecule has 2 aliphatic heterocycles. The molecule has 0 saturated carbocycles. The molecule has 4 aromatic rings. The Kier molecular flexibility index (Phi) is 5.53. The number of H-pyrrole nitrogens is 1. The molecule has 2 aromatic carbocycles. The van der Waals surface area contributed by atoms with Crippen molar-refractivity contribution in [3.63, 3.8) is 0 Å². The monoisotopic (exact) mass is 472 g/mol. The lowest BCUT2D eigenvalue weighted by molar-refractivity contribution is 0.209. The predicted molar refractivity (Wildman–Crippen MR) is 135 cm³/mol. The number of methoxy groups -OCH3 is 1. The van der Waals surface area contributed by atoms with E-state index >= 15 is 0 Å². The van der Waals surface area contributed by atoms with E-state index in [1.54, 1.807) is 19.4 Å². The van der Waals surface area contributed by atoms with Crippen molar-refractivity contribution in [2.75, 3.05) is 33.4 Å². The lowest BCUT2D eigenvalue weighted by Gasteiger charge is -2.29. The molecule has 35 heavy (non-hydrogen) atoms. The molecule has 6 rings (SSSR count). The third kappa shape index (κ3) is 3.87. The van der Waals surface area contributed by atoms with E-state index in [0.717, 1.165) is 61.5 Å². The highest BCUT2D eigenvalue weighted by molar-refractivity contribution is 5.93. The molecule has 2 aromatic heterocycles. The van der Waals surface area contributed by atoms with Gasteiger partial charge in [-0.25, -0.2) is 4.79 Å². The van der Waals surface area contributed by atoms with E-state index < -0.39 is 0 Å². The number of hydrogen-bond acceptors (Lipinski definition) is 6. The van der Waals surface area contributed by atoms with Gasteiger partial charge in [-0.3, -0.25) is 14.3 Å². The van der Waals surface area contributed by atoms with E-state index in [1.165, 1.54) is 10.1 Å². The first-order chi connectivity index (χ1) is 17.1. The van der Waals surface area contributed by atoms with Gasteiger partial charge in [0, 0.05) is 48.6 Å². The third-order valence-corrected chi connectivity index (χ3v) is 7.40. The average molecular weight is 473 g/mol. The van der Waals surface area contributed by atoms with Gasteiger partial charge in [-0.05, 0) is 49.7 Å². The van der Waals surface area contributed by atoms with Crippen LogP contribution in [-0.2, 0) is 6.54 Å². The highest BCUT2D eigenvalue weighted by Gasteiger charge is 2.40. The van der Waals surface area contributed by atoms with Crippen molar-refractivity contribution in [1.82, 2.24) is 19.4 Å². The van der Waals surface area contributed by atoms with E-state index in [-0.39, 0.29) is 11.2 Å². The smallest absolute Gasteiger partial charge is 0.328 e. The van der Waals surface area contributed by atoms with Crippen LogP contribution in [0.25, 0.3) is 21.8 Å². The van der Waals surface area contributed by atoms with E-state index in [2.05, 4.69) is 14.9 Å². The standard InChI is InChI=1S/C27H28N4O4/c1-34-23-7-4-8-24-25(23)20-15-30(14-18(20)16-35-24)10-2-3-11-31-26(32)19-12-17-6-5-9-28-21(17)13-22(19)29-27(31)33/h4-9,12-13,18,20H,2-3,10-11,14-16H2,1H3,(H,29,33)/t18-,20+/m0/s1. The minimum atomic E-state index is -0.370. The van der Waals surface area contributed by atoms with Crippen LogP contribution in [0.5, 0.6) is 11.5 Å². The molecule has 8 heteroatoms. The number of aromatic amines is 1. The number of hydrogen-bond donors (Lipinski definition) is 1. The first-order valence-corrected chi connectivity index (χ1v) is 12.2. The third-order valence-electron chi connectivity index (χ3n) is 7.40. The summed E-state index contributed by atoms with van der Waals surface area (Å²) in [6.07, 6.45) is 3.36. The zero-order valence-electron chi connectivity index (χ0n) is 19.7. The van der Waals surface area contributed by atoms with Gasteiger partial charge in [0.1, 0.15) is 11.5 Å². The van der Waals surface area contributed by atoms with Gasteiger partial charge >= 0.3 is 5.69 Å². The second-order valence-corrected chi connectivity index (χ2v) is 9.50. The van der Waals surface area contributed by atoms with Crippen molar-refractivity contribution in [1.29, 1.82) is 0 Å². The molecule has 1 saturated heterocycles. The number of nitrogens with zero attached hydrogens (tertiary/aromatic N) is 3. The van der Waals surface area contributed by atoms with E-state index in [1.807, 2.05) is 36.4 Å². The molecule has 4 heterocycles. The predicted octanol–water partition coefficient (Wildman–Crippen LogP) is 3.13. The van der Waals surface area contributed by atoms with Gasteiger partial charge in [0.25, 0.3) is 5.56 Å². The highest BCUT2D eigenvalue weighted by atomic mass is 16.5. The van der Waals surface area contributed by atoms with Crippen molar-refractivity contribution >= 4 is 21.8 Å². The van der Waals surface area contributed by atoms with Crippen LogP contribution in [0.1, 0.15) is 24.3 Å². The SMILES string of the molecule is COc1cccc2c1[C@@H]1CN(CCCCn3c(=O)[nH]c4cc5ncccc5cc4c3=O)C[C@H]1CO2. The molecule has 8 nitrogen and oxygen atoms in total. The summed E-state index contributed by atoms with van der Waals surface area (Å²) in [5, 5.41) is 1.40. The second kappa shape index (κ2) is 8.85. The molecule has 0 unspecified atom stereocenters. The van der Waals surface area contributed by atoms with Gasteiger partial charge in [0.15, 0.2) is 0 Å².